The zero-order chi connectivity index (χ0) is 21.5. The zero-order valence-electron chi connectivity index (χ0n) is 16.6. The second-order valence-corrected chi connectivity index (χ2v) is 8.47. The number of rotatable bonds is 7. The van der Waals surface area contributed by atoms with Gasteiger partial charge in [-0.1, -0.05) is 11.6 Å². The summed E-state index contributed by atoms with van der Waals surface area (Å²) in [4.78, 5) is 14.9. The molecule has 1 saturated carbocycles. The summed E-state index contributed by atoms with van der Waals surface area (Å²) in [5.41, 5.74) is 0.461. The van der Waals surface area contributed by atoms with E-state index in [0.29, 0.717) is 47.5 Å². The lowest BCUT2D eigenvalue weighted by Gasteiger charge is -2.28. The number of carbonyl (C=O) groups is 1. The Morgan fingerprint density at radius 3 is 2.77 bits per heavy atom. The second kappa shape index (κ2) is 8.23. The topological polar surface area (TPSA) is 47.4 Å². The highest BCUT2D eigenvalue weighted by atomic mass is 35.5. The van der Waals surface area contributed by atoms with Crippen LogP contribution in [0.5, 0.6) is 5.75 Å². The van der Waals surface area contributed by atoms with Crippen LogP contribution in [-0.4, -0.2) is 40.7 Å². The number of carbonyl (C=O) groups excluding carboxylic acids is 1. The van der Waals surface area contributed by atoms with Gasteiger partial charge >= 0.3 is 6.18 Å². The average molecular weight is 442 g/mol. The van der Waals surface area contributed by atoms with E-state index in [1.165, 1.54) is 24.6 Å². The minimum absolute atomic E-state index is 0.00546. The number of hydrogen-bond donors (Lipinski definition) is 0. The molecule has 1 aliphatic carbocycles. The number of aromatic nitrogens is 2. The van der Waals surface area contributed by atoms with Crippen molar-refractivity contribution in [3.63, 3.8) is 0 Å². The number of methoxy groups -OCH3 is 1. The summed E-state index contributed by atoms with van der Waals surface area (Å²) in [5, 5.41) is 4.28. The highest BCUT2D eigenvalue weighted by molar-refractivity contribution is 6.30. The van der Waals surface area contributed by atoms with Crippen molar-refractivity contribution < 1.29 is 22.7 Å². The van der Waals surface area contributed by atoms with Crippen LogP contribution in [0.25, 0.3) is 0 Å². The van der Waals surface area contributed by atoms with Gasteiger partial charge in [-0.3, -0.25) is 14.4 Å². The monoisotopic (exact) mass is 441 g/mol. The first-order valence-corrected chi connectivity index (χ1v) is 10.3. The number of halogens is 4. The summed E-state index contributed by atoms with van der Waals surface area (Å²) >= 11 is 6.01. The maximum Gasteiger partial charge on any atom is 0.435 e. The quantitative estimate of drug-likeness (QED) is 0.647. The Bertz CT molecular complexity index is 954. The molecule has 1 fully saturated rings. The Hall–Kier alpha value is -2.06. The maximum absolute atomic E-state index is 13.5. The predicted octanol–water partition coefficient (Wildman–Crippen LogP) is 4.14. The molecule has 0 N–H and O–H groups in total. The zero-order valence-corrected chi connectivity index (χ0v) is 17.4. The van der Waals surface area contributed by atoms with Gasteiger partial charge in [0.05, 0.1) is 12.8 Å². The summed E-state index contributed by atoms with van der Waals surface area (Å²) < 4.78 is 47.1. The number of alkyl halides is 3. The third-order valence-electron chi connectivity index (χ3n) is 5.66. The molecule has 2 aliphatic rings. The molecule has 0 spiro atoms. The van der Waals surface area contributed by atoms with Gasteiger partial charge in [-0.15, -0.1) is 0 Å². The molecule has 0 bridgehead atoms. The van der Waals surface area contributed by atoms with E-state index in [9.17, 15) is 18.0 Å². The highest BCUT2D eigenvalue weighted by Crippen LogP contribution is 2.36. The van der Waals surface area contributed by atoms with Crippen LogP contribution in [0.1, 0.15) is 35.4 Å². The third-order valence-corrected chi connectivity index (χ3v) is 5.89. The molecule has 1 aliphatic heterocycles. The Labute approximate surface area is 177 Å². The average Bonchev–Trinajstić information content (AvgIpc) is 3.41. The Morgan fingerprint density at radius 2 is 2.10 bits per heavy atom. The molecule has 4 rings (SSSR count). The Kier molecular flexibility index (Phi) is 5.81. The molecule has 162 valence electrons. The van der Waals surface area contributed by atoms with Crippen LogP contribution in [0.4, 0.5) is 13.2 Å². The standard InChI is InChI=1S/C21H23ClF3N3O2/c1-30-19-5-4-15(22)8-14(19)9-16(29)11-28-18-12-27(10-13-2-3-13)7-6-17(18)20(26-28)21(23,24)25/h4-5,8,13H,2-3,6-7,9-12H2,1H3. The molecule has 2 aromatic rings. The van der Waals surface area contributed by atoms with Crippen LogP contribution < -0.4 is 4.74 Å². The fraction of sp³-hybridized carbons (Fsp3) is 0.524. The van der Waals surface area contributed by atoms with Crippen molar-refractivity contribution in [3.8, 4) is 5.75 Å². The van der Waals surface area contributed by atoms with E-state index in [4.69, 9.17) is 16.3 Å². The molecule has 0 saturated heterocycles. The van der Waals surface area contributed by atoms with Crippen molar-refractivity contribution >= 4 is 17.4 Å². The molecule has 5 nitrogen and oxygen atoms in total. The van der Waals surface area contributed by atoms with Crippen LogP contribution in [0, 0.1) is 5.92 Å². The van der Waals surface area contributed by atoms with Gasteiger partial charge in [0.1, 0.15) is 12.3 Å². The molecule has 30 heavy (non-hydrogen) atoms. The van der Waals surface area contributed by atoms with E-state index in [1.807, 2.05) is 0 Å². The summed E-state index contributed by atoms with van der Waals surface area (Å²) in [6, 6.07) is 4.95. The van der Waals surface area contributed by atoms with E-state index in [1.54, 1.807) is 18.2 Å². The summed E-state index contributed by atoms with van der Waals surface area (Å²) in [7, 11) is 1.49. The SMILES string of the molecule is COc1ccc(Cl)cc1CC(=O)Cn1nc(C(F)(F)F)c2c1CN(CC1CC1)CC2. The van der Waals surface area contributed by atoms with Gasteiger partial charge in [0, 0.05) is 42.2 Å². The van der Waals surface area contributed by atoms with E-state index in [-0.39, 0.29) is 24.3 Å². The van der Waals surface area contributed by atoms with Gasteiger partial charge in [0.2, 0.25) is 0 Å². The van der Waals surface area contributed by atoms with E-state index < -0.39 is 11.9 Å². The molecule has 1 aromatic heterocycles. The largest absolute Gasteiger partial charge is 0.496 e. The van der Waals surface area contributed by atoms with Crippen molar-refractivity contribution in [3.05, 3.63) is 45.7 Å². The molecule has 0 radical (unpaired) electrons. The molecular formula is C21H23ClF3N3O2. The molecular weight excluding hydrogens is 419 g/mol. The van der Waals surface area contributed by atoms with Crippen molar-refractivity contribution in [1.29, 1.82) is 0 Å². The van der Waals surface area contributed by atoms with Crippen LogP contribution in [-0.2, 0) is 36.9 Å². The number of Topliss-reactive ketones (excluding diaryl/α,β-unsaturated/α-hetero) is 1. The van der Waals surface area contributed by atoms with Gasteiger partial charge in [-0.05, 0) is 43.4 Å². The number of ketones is 1. The van der Waals surface area contributed by atoms with Gasteiger partial charge < -0.3 is 4.74 Å². The van der Waals surface area contributed by atoms with Crippen LogP contribution in [0.3, 0.4) is 0 Å². The second-order valence-electron chi connectivity index (χ2n) is 8.03. The Morgan fingerprint density at radius 1 is 1.33 bits per heavy atom. The van der Waals surface area contributed by atoms with Gasteiger partial charge in [-0.2, -0.15) is 18.3 Å². The van der Waals surface area contributed by atoms with Gasteiger partial charge in [0.25, 0.3) is 0 Å². The molecule has 0 unspecified atom stereocenters. The van der Waals surface area contributed by atoms with E-state index >= 15 is 0 Å². The van der Waals surface area contributed by atoms with Crippen LogP contribution in [0.15, 0.2) is 18.2 Å². The number of ether oxygens (including phenoxy) is 1. The first-order chi connectivity index (χ1) is 14.2. The Balaban J connectivity index is 1.57. The number of fused-ring (bicyclic) bond motifs is 1. The molecule has 2 heterocycles. The molecule has 0 atom stereocenters. The molecule has 1 aromatic carbocycles. The predicted molar refractivity (Wildman–Crippen MR) is 106 cm³/mol. The lowest BCUT2D eigenvalue weighted by Crippen LogP contribution is -2.34. The smallest absolute Gasteiger partial charge is 0.435 e. The maximum atomic E-state index is 13.5. The minimum atomic E-state index is -4.53. The van der Waals surface area contributed by atoms with E-state index in [2.05, 4.69) is 10.00 Å². The van der Waals surface area contributed by atoms with Crippen molar-refractivity contribution in [2.75, 3.05) is 20.2 Å². The van der Waals surface area contributed by atoms with Crippen LogP contribution >= 0.6 is 11.6 Å². The van der Waals surface area contributed by atoms with Crippen molar-refractivity contribution in [2.45, 2.75) is 44.9 Å². The van der Waals surface area contributed by atoms with Crippen molar-refractivity contribution in [2.24, 2.45) is 5.92 Å². The van der Waals surface area contributed by atoms with Crippen molar-refractivity contribution in [1.82, 2.24) is 14.7 Å². The highest BCUT2D eigenvalue weighted by Gasteiger charge is 2.41. The molecule has 9 heteroatoms. The number of nitrogens with zero attached hydrogens (tertiary/aromatic N) is 3. The van der Waals surface area contributed by atoms with Crippen LogP contribution in [0.2, 0.25) is 5.02 Å². The first kappa shape index (κ1) is 21.2. The number of hydrogen-bond acceptors (Lipinski definition) is 4. The normalized spacial score (nSPS) is 17.1. The lowest BCUT2D eigenvalue weighted by atomic mass is 10.0. The minimum Gasteiger partial charge on any atom is -0.496 e. The summed E-state index contributed by atoms with van der Waals surface area (Å²) in [6.45, 7) is 1.65. The van der Waals surface area contributed by atoms with Gasteiger partial charge in [0.15, 0.2) is 11.5 Å². The third kappa shape index (κ3) is 4.64. The molecule has 0 amide bonds. The number of benzene rings is 1. The lowest BCUT2D eigenvalue weighted by molar-refractivity contribution is -0.142. The fourth-order valence-electron chi connectivity index (χ4n) is 4.04. The van der Waals surface area contributed by atoms with E-state index in [0.717, 1.165) is 6.54 Å². The van der Waals surface area contributed by atoms with Gasteiger partial charge in [-0.25, -0.2) is 0 Å². The fourth-order valence-corrected chi connectivity index (χ4v) is 4.23. The summed E-state index contributed by atoms with van der Waals surface area (Å²) in [6.07, 6.45) is -1.88. The first-order valence-electron chi connectivity index (χ1n) is 9.97. The summed E-state index contributed by atoms with van der Waals surface area (Å²) in [5.74, 6) is 0.901.